The van der Waals surface area contributed by atoms with E-state index < -0.39 is 5.97 Å². The first kappa shape index (κ1) is 19.3. The number of hydrogen-bond donors (Lipinski definition) is 1. The first-order valence-corrected chi connectivity index (χ1v) is 10.5. The number of aryl methyl sites for hydroxylation is 2. The number of thiazole rings is 1. The lowest BCUT2D eigenvalue weighted by molar-refractivity contribution is -0.121. The highest BCUT2D eigenvalue weighted by molar-refractivity contribution is 7.09. The molecule has 4 rings (SSSR count). The van der Waals surface area contributed by atoms with Gasteiger partial charge in [-0.25, -0.2) is 9.78 Å². The predicted molar refractivity (Wildman–Crippen MR) is 111 cm³/mol. The summed E-state index contributed by atoms with van der Waals surface area (Å²) in [6.07, 6.45) is 2.53. The number of amides is 1. The van der Waals surface area contributed by atoms with Crippen molar-refractivity contribution in [2.45, 2.75) is 33.1 Å². The Morgan fingerprint density at radius 1 is 1.31 bits per heavy atom. The van der Waals surface area contributed by atoms with E-state index in [2.05, 4.69) is 21.2 Å². The summed E-state index contributed by atoms with van der Waals surface area (Å²) < 4.78 is 5.18. The molecule has 29 heavy (non-hydrogen) atoms. The number of nitrogens with one attached hydrogen (secondary N) is 1. The summed E-state index contributed by atoms with van der Waals surface area (Å²) in [6, 6.07) is 7.67. The van der Waals surface area contributed by atoms with Gasteiger partial charge in [-0.15, -0.1) is 11.3 Å². The Hall–Kier alpha value is -3.00. The molecule has 3 heterocycles. The third-order valence-electron chi connectivity index (χ3n) is 4.88. The Morgan fingerprint density at radius 2 is 2.17 bits per heavy atom. The summed E-state index contributed by atoms with van der Waals surface area (Å²) in [5.41, 5.74) is 5.05. The van der Waals surface area contributed by atoms with Crippen molar-refractivity contribution in [2.24, 2.45) is 0 Å². The van der Waals surface area contributed by atoms with Gasteiger partial charge >= 0.3 is 5.97 Å². The average Bonchev–Trinajstić information content (AvgIpc) is 3.45. The number of nitrogens with zero attached hydrogens (tertiary/aromatic N) is 3. The van der Waals surface area contributed by atoms with E-state index >= 15 is 0 Å². The largest absolute Gasteiger partial charge is 0.451 e. The van der Waals surface area contributed by atoms with Gasteiger partial charge in [-0.1, -0.05) is 19.4 Å². The van der Waals surface area contributed by atoms with Crippen molar-refractivity contribution in [2.75, 3.05) is 18.1 Å². The zero-order chi connectivity index (χ0) is 20.4. The van der Waals surface area contributed by atoms with Crippen LogP contribution in [0.1, 0.15) is 40.1 Å². The lowest BCUT2D eigenvalue weighted by Crippen LogP contribution is -2.33. The molecule has 1 aliphatic rings. The summed E-state index contributed by atoms with van der Waals surface area (Å²) in [7, 11) is 0. The van der Waals surface area contributed by atoms with Crippen LogP contribution in [0.25, 0.3) is 11.3 Å². The van der Waals surface area contributed by atoms with E-state index in [1.54, 1.807) is 22.3 Å². The van der Waals surface area contributed by atoms with Gasteiger partial charge in [0, 0.05) is 28.9 Å². The number of rotatable bonds is 6. The monoisotopic (exact) mass is 410 g/mol. The van der Waals surface area contributed by atoms with Gasteiger partial charge in [-0.05, 0) is 43.5 Å². The maximum absolute atomic E-state index is 12.6. The van der Waals surface area contributed by atoms with Crippen LogP contribution in [0.3, 0.4) is 0 Å². The molecule has 1 aliphatic heterocycles. The van der Waals surface area contributed by atoms with Gasteiger partial charge in [0.2, 0.25) is 0 Å². The summed E-state index contributed by atoms with van der Waals surface area (Å²) >= 11 is 1.62. The van der Waals surface area contributed by atoms with Crippen molar-refractivity contribution in [1.29, 1.82) is 0 Å². The number of anilines is 1. The first-order chi connectivity index (χ1) is 14.0. The van der Waals surface area contributed by atoms with Crippen LogP contribution in [0.4, 0.5) is 5.69 Å². The van der Waals surface area contributed by atoms with Crippen LogP contribution in [0.15, 0.2) is 29.6 Å². The van der Waals surface area contributed by atoms with Crippen molar-refractivity contribution in [1.82, 2.24) is 15.2 Å². The molecular formula is C21H22N4O3S. The molecule has 0 radical (unpaired) electrons. The van der Waals surface area contributed by atoms with Crippen molar-refractivity contribution >= 4 is 28.9 Å². The van der Waals surface area contributed by atoms with Crippen LogP contribution in [0.5, 0.6) is 0 Å². The summed E-state index contributed by atoms with van der Waals surface area (Å²) in [5.74, 6) is -0.829. The molecule has 1 amide bonds. The second-order valence-electron chi connectivity index (χ2n) is 7.00. The zero-order valence-corrected chi connectivity index (χ0v) is 17.2. The molecule has 0 bridgehead atoms. The minimum atomic E-state index is -0.592. The number of H-pyrrole nitrogens is 1. The maximum Gasteiger partial charge on any atom is 0.359 e. The Morgan fingerprint density at radius 3 is 2.93 bits per heavy atom. The van der Waals surface area contributed by atoms with E-state index in [4.69, 9.17) is 4.74 Å². The molecule has 2 aromatic heterocycles. The molecule has 0 saturated carbocycles. The van der Waals surface area contributed by atoms with E-state index in [0.29, 0.717) is 6.54 Å². The van der Waals surface area contributed by atoms with Crippen LogP contribution in [-0.4, -0.2) is 40.2 Å². The molecule has 8 heteroatoms. The normalized spacial score (nSPS) is 12.8. The van der Waals surface area contributed by atoms with Crippen LogP contribution in [-0.2, 0) is 22.4 Å². The molecule has 0 saturated heterocycles. The number of ether oxygens (including phenoxy) is 1. The first-order valence-electron chi connectivity index (χ1n) is 9.62. The minimum absolute atomic E-state index is 0.200. The van der Waals surface area contributed by atoms with E-state index in [1.165, 1.54) is 0 Å². The standard InChI is InChI=1S/C21H22N4O3S/c1-3-4-16-10-17(24-23-16)21(27)28-11-20(26)25-8-7-15-9-14(5-6-19(15)25)18-12-29-13(2)22-18/h5-6,9-10,12H,3-4,7-8,11H2,1-2H3,(H,23,24). The smallest absolute Gasteiger partial charge is 0.359 e. The van der Waals surface area contributed by atoms with Crippen LogP contribution in [0.2, 0.25) is 0 Å². The second-order valence-corrected chi connectivity index (χ2v) is 8.06. The quantitative estimate of drug-likeness (QED) is 0.628. The number of hydrogen-bond acceptors (Lipinski definition) is 6. The Balaban J connectivity index is 1.40. The van der Waals surface area contributed by atoms with Gasteiger partial charge in [-0.3, -0.25) is 9.89 Å². The molecule has 0 spiro atoms. The number of benzene rings is 1. The Labute approximate surface area is 172 Å². The molecule has 0 atom stereocenters. The number of aromatic nitrogens is 3. The SMILES string of the molecule is CCCc1cc(C(=O)OCC(=O)N2CCc3cc(-c4csc(C)n4)ccc32)n[nH]1. The van der Waals surface area contributed by atoms with E-state index in [-0.39, 0.29) is 18.2 Å². The second kappa shape index (κ2) is 8.16. The van der Waals surface area contributed by atoms with Crippen LogP contribution in [0, 0.1) is 6.92 Å². The Bertz CT molecular complexity index is 1060. The van der Waals surface area contributed by atoms with Gasteiger partial charge in [0.25, 0.3) is 5.91 Å². The summed E-state index contributed by atoms with van der Waals surface area (Å²) in [4.78, 5) is 31.0. The van der Waals surface area contributed by atoms with Crippen molar-refractivity contribution in [3.63, 3.8) is 0 Å². The fourth-order valence-corrected chi connectivity index (χ4v) is 4.08. The lowest BCUT2D eigenvalue weighted by atomic mass is 10.1. The summed E-state index contributed by atoms with van der Waals surface area (Å²) in [6.45, 7) is 4.30. The number of carbonyl (C=O) groups is 2. The van der Waals surface area contributed by atoms with E-state index in [0.717, 1.165) is 52.5 Å². The fourth-order valence-electron chi connectivity index (χ4n) is 3.46. The molecule has 3 aromatic rings. The van der Waals surface area contributed by atoms with E-state index in [1.807, 2.05) is 31.4 Å². The highest BCUT2D eigenvalue weighted by Gasteiger charge is 2.26. The van der Waals surface area contributed by atoms with Crippen LogP contribution >= 0.6 is 11.3 Å². The highest BCUT2D eigenvalue weighted by atomic mass is 32.1. The number of esters is 1. The lowest BCUT2D eigenvalue weighted by Gasteiger charge is -2.17. The highest BCUT2D eigenvalue weighted by Crippen LogP contribution is 2.32. The van der Waals surface area contributed by atoms with Crippen molar-refractivity contribution < 1.29 is 14.3 Å². The van der Waals surface area contributed by atoms with Gasteiger partial charge in [0.15, 0.2) is 12.3 Å². The predicted octanol–water partition coefficient (Wildman–Crippen LogP) is 3.54. The molecular weight excluding hydrogens is 388 g/mol. The van der Waals surface area contributed by atoms with Gasteiger partial charge in [-0.2, -0.15) is 5.10 Å². The van der Waals surface area contributed by atoms with Gasteiger partial charge < -0.3 is 9.64 Å². The molecule has 7 nitrogen and oxygen atoms in total. The topological polar surface area (TPSA) is 88.2 Å². The maximum atomic E-state index is 12.6. The molecule has 1 aromatic carbocycles. The third-order valence-corrected chi connectivity index (χ3v) is 5.65. The Kier molecular flexibility index (Phi) is 5.44. The van der Waals surface area contributed by atoms with Crippen LogP contribution < -0.4 is 4.90 Å². The molecule has 0 aliphatic carbocycles. The average molecular weight is 410 g/mol. The number of carbonyl (C=O) groups excluding carboxylic acids is 2. The third kappa shape index (κ3) is 4.07. The number of fused-ring (bicyclic) bond motifs is 1. The summed E-state index contributed by atoms with van der Waals surface area (Å²) in [5, 5.41) is 9.83. The number of aromatic amines is 1. The molecule has 0 fully saturated rings. The zero-order valence-electron chi connectivity index (χ0n) is 16.4. The van der Waals surface area contributed by atoms with Gasteiger partial charge in [0.05, 0.1) is 10.7 Å². The van der Waals surface area contributed by atoms with Crippen molar-refractivity contribution in [3.05, 3.63) is 51.6 Å². The molecule has 150 valence electrons. The molecule has 0 unspecified atom stereocenters. The fraction of sp³-hybridized carbons (Fsp3) is 0.333. The molecule has 1 N–H and O–H groups in total. The van der Waals surface area contributed by atoms with Gasteiger partial charge in [0.1, 0.15) is 0 Å². The van der Waals surface area contributed by atoms with E-state index in [9.17, 15) is 9.59 Å². The minimum Gasteiger partial charge on any atom is -0.451 e. The van der Waals surface area contributed by atoms with Crippen molar-refractivity contribution in [3.8, 4) is 11.3 Å².